The van der Waals surface area contributed by atoms with Crippen LogP contribution in [0.25, 0.3) is 0 Å². The number of likely N-dealkylation sites (tertiary alicyclic amines) is 1. The summed E-state index contributed by atoms with van der Waals surface area (Å²) in [4.78, 5) is 13.9. The van der Waals surface area contributed by atoms with Crippen LogP contribution in [0.2, 0.25) is 5.02 Å². The monoisotopic (exact) mass is 450 g/mol. The van der Waals surface area contributed by atoms with Crippen LogP contribution in [0.15, 0.2) is 18.2 Å². The minimum Gasteiger partial charge on any atom is -0.444 e. The summed E-state index contributed by atoms with van der Waals surface area (Å²) in [5.41, 5.74) is 0.686. The Morgan fingerprint density at radius 2 is 2.04 bits per heavy atom. The molecule has 0 spiro atoms. The van der Waals surface area contributed by atoms with Crippen molar-refractivity contribution < 1.29 is 9.53 Å². The van der Waals surface area contributed by atoms with Gasteiger partial charge in [-0.2, -0.15) is 0 Å². The van der Waals surface area contributed by atoms with Gasteiger partial charge in [-0.1, -0.05) is 11.6 Å². The van der Waals surface area contributed by atoms with E-state index in [-0.39, 0.29) is 6.09 Å². The molecule has 4 nitrogen and oxygen atoms in total. The molecule has 0 aliphatic carbocycles. The Morgan fingerprint density at radius 3 is 2.61 bits per heavy atom. The first-order valence-corrected chi connectivity index (χ1v) is 9.37. The Hall–Kier alpha value is -0.690. The summed E-state index contributed by atoms with van der Waals surface area (Å²) >= 11 is 8.26. The van der Waals surface area contributed by atoms with Gasteiger partial charge in [-0.15, -0.1) is 0 Å². The molecule has 0 unspecified atom stereocenters. The van der Waals surface area contributed by atoms with E-state index in [0.29, 0.717) is 5.92 Å². The molecule has 0 atom stereocenters. The fourth-order valence-electron chi connectivity index (χ4n) is 2.53. The first kappa shape index (κ1) is 18.6. The molecular weight excluding hydrogens is 427 g/mol. The van der Waals surface area contributed by atoms with Crippen LogP contribution in [0, 0.1) is 9.49 Å². The molecule has 1 saturated heterocycles. The molecule has 1 aliphatic rings. The van der Waals surface area contributed by atoms with Crippen molar-refractivity contribution >= 4 is 46.0 Å². The highest BCUT2D eigenvalue weighted by molar-refractivity contribution is 14.1. The number of carbonyl (C=O) groups is 1. The van der Waals surface area contributed by atoms with E-state index in [1.807, 2.05) is 43.9 Å². The van der Waals surface area contributed by atoms with Crippen molar-refractivity contribution in [3.63, 3.8) is 0 Å². The zero-order chi connectivity index (χ0) is 17.0. The summed E-state index contributed by atoms with van der Waals surface area (Å²) in [6.07, 6.45) is 1.79. The van der Waals surface area contributed by atoms with Crippen molar-refractivity contribution in [1.82, 2.24) is 4.90 Å². The smallest absolute Gasteiger partial charge is 0.410 e. The molecule has 128 valence electrons. The van der Waals surface area contributed by atoms with Gasteiger partial charge in [-0.25, -0.2) is 4.79 Å². The molecule has 0 bridgehead atoms. The maximum Gasteiger partial charge on any atom is 0.410 e. The number of amides is 1. The number of hydrogen-bond donors (Lipinski definition) is 1. The number of benzene rings is 1. The first-order chi connectivity index (χ1) is 10.7. The minimum absolute atomic E-state index is 0.198. The van der Waals surface area contributed by atoms with Crippen molar-refractivity contribution in [3.8, 4) is 0 Å². The molecule has 6 heteroatoms. The molecule has 1 N–H and O–H groups in total. The molecule has 1 aromatic rings. The Morgan fingerprint density at radius 1 is 1.39 bits per heavy atom. The average molecular weight is 451 g/mol. The van der Waals surface area contributed by atoms with Gasteiger partial charge in [-0.3, -0.25) is 0 Å². The molecule has 1 fully saturated rings. The van der Waals surface area contributed by atoms with E-state index >= 15 is 0 Å². The third kappa shape index (κ3) is 6.03. The third-order valence-electron chi connectivity index (χ3n) is 3.78. The topological polar surface area (TPSA) is 41.6 Å². The Bertz CT molecular complexity index is 552. The average Bonchev–Trinajstić information content (AvgIpc) is 2.45. The van der Waals surface area contributed by atoms with Gasteiger partial charge >= 0.3 is 6.09 Å². The molecule has 2 rings (SSSR count). The number of hydrogen-bond acceptors (Lipinski definition) is 3. The second-order valence-electron chi connectivity index (χ2n) is 6.92. The molecule has 1 amide bonds. The second-order valence-corrected chi connectivity index (χ2v) is 8.51. The zero-order valence-corrected chi connectivity index (χ0v) is 16.8. The van der Waals surface area contributed by atoms with Crippen molar-refractivity contribution in [2.24, 2.45) is 5.92 Å². The van der Waals surface area contributed by atoms with Crippen molar-refractivity contribution in [3.05, 3.63) is 26.8 Å². The number of anilines is 1. The predicted molar refractivity (Wildman–Crippen MR) is 103 cm³/mol. The van der Waals surface area contributed by atoms with Gasteiger partial charge in [0.05, 0.1) is 0 Å². The van der Waals surface area contributed by atoms with E-state index < -0.39 is 5.60 Å². The van der Waals surface area contributed by atoms with Gasteiger partial charge in [0.1, 0.15) is 5.60 Å². The zero-order valence-electron chi connectivity index (χ0n) is 13.9. The number of ether oxygens (including phenoxy) is 1. The molecule has 0 aromatic heterocycles. The van der Waals surface area contributed by atoms with Crippen LogP contribution in [-0.2, 0) is 4.74 Å². The largest absolute Gasteiger partial charge is 0.444 e. The maximum atomic E-state index is 12.1. The molecule has 1 aliphatic heterocycles. The standard InChI is InChI=1S/C17H24ClIN2O2/c1-17(2,3)23-16(22)21-8-6-12(7-9-21)11-20-15-5-4-13(18)10-14(15)19/h4-5,10,12,20H,6-9,11H2,1-3H3. The fraction of sp³-hybridized carbons (Fsp3) is 0.588. The second kappa shape index (κ2) is 7.92. The van der Waals surface area contributed by atoms with Gasteiger partial charge in [0.2, 0.25) is 0 Å². The minimum atomic E-state index is -0.430. The maximum absolute atomic E-state index is 12.1. The van der Waals surface area contributed by atoms with Gasteiger partial charge in [0.25, 0.3) is 0 Å². The highest BCUT2D eigenvalue weighted by Crippen LogP contribution is 2.24. The van der Waals surface area contributed by atoms with E-state index in [0.717, 1.165) is 46.8 Å². The van der Waals surface area contributed by atoms with E-state index in [1.165, 1.54) is 0 Å². The number of rotatable bonds is 3. The molecular formula is C17H24ClIN2O2. The fourth-order valence-corrected chi connectivity index (χ4v) is 3.60. The SMILES string of the molecule is CC(C)(C)OC(=O)N1CCC(CNc2ccc(Cl)cc2I)CC1. The van der Waals surface area contributed by atoms with Gasteiger partial charge in [0, 0.05) is 33.9 Å². The molecule has 23 heavy (non-hydrogen) atoms. The van der Waals surface area contributed by atoms with Crippen LogP contribution < -0.4 is 5.32 Å². The summed E-state index contributed by atoms with van der Waals surface area (Å²) in [6, 6.07) is 5.87. The number of carbonyl (C=O) groups excluding carboxylic acids is 1. The molecule has 0 saturated carbocycles. The lowest BCUT2D eigenvalue weighted by molar-refractivity contribution is 0.0188. The van der Waals surface area contributed by atoms with Gasteiger partial charge in [0.15, 0.2) is 0 Å². The lowest BCUT2D eigenvalue weighted by Gasteiger charge is -2.33. The van der Waals surface area contributed by atoms with E-state index in [9.17, 15) is 4.79 Å². The lowest BCUT2D eigenvalue weighted by atomic mass is 9.97. The number of piperidine rings is 1. The van der Waals surface area contributed by atoms with Crippen LogP contribution in [0.1, 0.15) is 33.6 Å². The Kier molecular flexibility index (Phi) is 6.42. The quantitative estimate of drug-likeness (QED) is 0.659. The normalized spacial score (nSPS) is 16.3. The highest BCUT2D eigenvalue weighted by atomic mass is 127. The molecule has 1 aromatic carbocycles. The van der Waals surface area contributed by atoms with Gasteiger partial charge in [-0.05, 0) is 80.3 Å². The van der Waals surface area contributed by atoms with Crippen LogP contribution in [-0.4, -0.2) is 36.2 Å². The Balaban J connectivity index is 1.77. The highest BCUT2D eigenvalue weighted by Gasteiger charge is 2.26. The van der Waals surface area contributed by atoms with Crippen molar-refractivity contribution in [2.45, 2.75) is 39.2 Å². The predicted octanol–water partition coefficient (Wildman–Crippen LogP) is 5.00. The third-order valence-corrected chi connectivity index (χ3v) is 4.91. The van der Waals surface area contributed by atoms with Crippen molar-refractivity contribution in [1.29, 1.82) is 0 Å². The van der Waals surface area contributed by atoms with Crippen LogP contribution in [0.3, 0.4) is 0 Å². The van der Waals surface area contributed by atoms with Crippen LogP contribution >= 0.6 is 34.2 Å². The van der Waals surface area contributed by atoms with E-state index in [1.54, 1.807) is 0 Å². The first-order valence-electron chi connectivity index (χ1n) is 7.91. The van der Waals surface area contributed by atoms with Gasteiger partial charge < -0.3 is 15.0 Å². The molecule has 0 radical (unpaired) electrons. The summed E-state index contributed by atoms with van der Waals surface area (Å²) in [6.45, 7) is 8.14. The summed E-state index contributed by atoms with van der Waals surface area (Å²) < 4.78 is 6.55. The summed E-state index contributed by atoms with van der Waals surface area (Å²) in [5.74, 6) is 0.570. The van der Waals surface area contributed by atoms with E-state index in [2.05, 4.69) is 27.9 Å². The van der Waals surface area contributed by atoms with Crippen LogP contribution in [0.5, 0.6) is 0 Å². The number of nitrogens with one attached hydrogen (secondary N) is 1. The number of halogens is 2. The Labute approximate surface area is 157 Å². The van der Waals surface area contributed by atoms with Crippen molar-refractivity contribution in [2.75, 3.05) is 25.0 Å². The molecule has 1 heterocycles. The van der Waals surface area contributed by atoms with Crippen LogP contribution in [0.4, 0.5) is 10.5 Å². The lowest BCUT2D eigenvalue weighted by Crippen LogP contribution is -2.42. The summed E-state index contributed by atoms with van der Waals surface area (Å²) in [7, 11) is 0. The summed E-state index contributed by atoms with van der Waals surface area (Å²) in [5, 5.41) is 4.25. The van der Waals surface area contributed by atoms with E-state index in [4.69, 9.17) is 16.3 Å². The number of nitrogens with zero attached hydrogens (tertiary/aromatic N) is 1.